The van der Waals surface area contributed by atoms with Gasteiger partial charge in [-0.2, -0.15) is 5.26 Å². The van der Waals surface area contributed by atoms with Gasteiger partial charge in [-0.05, 0) is 38.0 Å². The Labute approximate surface area is 122 Å². The molecule has 2 saturated carbocycles. The SMILES string of the molecule is CC(C)N1[C@@H]2[C@H]3CC[C@@](C)([C@@H]2OP1(=O)CC#N)C3(C)C. The monoisotopic (exact) mass is 296 g/mol. The van der Waals surface area contributed by atoms with Gasteiger partial charge >= 0.3 is 0 Å². The molecule has 4 nitrogen and oxygen atoms in total. The summed E-state index contributed by atoms with van der Waals surface area (Å²) in [6.07, 6.45) is 2.37. The summed E-state index contributed by atoms with van der Waals surface area (Å²) in [5.74, 6) is 0.523. The van der Waals surface area contributed by atoms with Crippen molar-refractivity contribution in [1.82, 2.24) is 4.67 Å². The Hall–Kier alpha value is -0.360. The Morgan fingerprint density at radius 2 is 2.10 bits per heavy atom. The van der Waals surface area contributed by atoms with Crippen molar-refractivity contribution in [2.24, 2.45) is 16.7 Å². The first-order valence-electron chi connectivity index (χ1n) is 7.62. The summed E-state index contributed by atoms with van der Waals surface area (Å²) in [7, 11) is -2.98. The lowest BCUT2D eigenvalue weighted by Crippen LogP contribution is -2.44. The zero-order chi connectivity index (χ0) is 14.9. The van der Waals surface area contributed by atoms with Gasteiger partial charge in [0.2, 0.25) is 0 Å². The van der Waals surface area contributed by atoms with E-state index in [1.807, 2.05) is 0 Å². The highest BCUT2D eigenvalue weighted by molar-refractivity contribution is 7.57. The average molecular weight is 296 g/mol. The molecule has 3 rings (SSSR count). The van der Waals surface area contributed by atoms with E-state index in [1.54, 1.807) is 0 Å². The van der Waals surface area contributed by atoms with Crippen LogP contribution in [0.1, 0.15) is 47.5 Å². The molecule has 3 aliphatic rings. The Kier molecular flexibility index (Phi) is 2.98. The molecular formula is C15H25N2O2P. The van der Waals surface area contributed by atoms with Gasteiger partial charge in [0.1, 0.15) is 6.16 Å². The molecule has 1 heterocycles. The Morgan fingerprint density at radius 3 is 2.65 bits per heavy atom. The highest BCUT2D eigenvalue weighted by Crippen LogP contribution is 2.76. The minimum atomic E-state index is -2.98. The molecule has 20 heavy (non-hydrogen) atoms. The summed E-state index contributed by atoms with van der Waals surface area (Å²) in [6.45, 7) is 11.1. The number of fused-ring (bicyclic) bond motifs is 5. The molecule has 0 radical (unpaired) electrons. The van der Waals surface area contributed by atoms with Gasteiger partial charge in [-0.3, -0.25) is 4.57 Å². The topological polar surface area (TPSA) is 53.3 Å². The van der Waals surface area contributed by atoms with Gasteiger partial charge in [0.15, 0.2) is 0 Å². The second-order valence-electron chi connectivity index (χ2n) is 7.73. The Balaban J connectivity index is 2.07. The van der Waals surface area contributed by atoms with Crippen molar-refractivity contribution >= 4 is 7.52 Å². The maximum atomic E-state index is 13.2. The number of rotatable bonds is 2. The second-order valence-corrected chi connectivity index (χ2v) is 9.99. The Bertz CT molecular complexity index is 524. The van der Waals surface area contributed by atoms with Crippen LogP contribution < -0.4 is 0 Å². The van der Waals surface area contributed by atoms with Crippen LogP contribution in [0.5, 0.6) is 0 Å². The number of hydrogen-bond donors (Lipinski definition) is 0. The van der Waals surface area contributed by atoms with Crippen molar-refractivity contribution in [2.75, 3.05) is 6.16 Å². The van der Waals surface area contributed by atoms with Crippen LogP contribution in [0.3, 0.4) is 0 Å². The molecule has 1 aliphatic heterocycles. The first kappa shape index (κ1) is 14.6. The molecule has 5 atom stereocenters. The van der Waals surface area contributed by atoms with Crippen molar-refractivity contribution in [1.29, 1.82) is 5.26 Å². The van der Waals surface area contributed by atoms with E-state index in [9.17, 15) is 4.57 Å². The van der Waals surface area contributed by atoms with E-state index in [0.717, 1.165) is 6.42 Å². The number of nitrogens with zero attached hydrogens (tertiary/aromatic N) is 2. The van der Waals surface area contributed by atoms with E-state index in [1.165, 1.54) is 6.42 Å². The molecule has 112 valence electrons. The molecule has 1 unspecified atom stereocenters. The molecule has 3 fully saturated rings. The van der Waals surface area contributed by atoms with E-state index in [-0.39, 0.29) is 35.2 Å². The molecule has 1 saturated heterocycles. The van der Waals surface area contributed by atoms with Crippen LogP contribution >= 0.6 is 7.52 Å². The zero-order valence-corrected chi connectivity index (χ0v) is 14.0. The third kappa shape index (κ3) is 1.47. The smallest absolute Gasteiger partial charge is 0.287 e. The van der Waals surface area contributed by atoms with Gasteiger partial charge in [-0.25, -0.2) is 4.67 Å². The predicted octanol–water partition coefficient (Wildman–Crippen LogP) is 3.64. The molecule has 0 N–H and O–H groups in total. The van der Waals surface area contributed by atoms with Gasteiger partial charge in [-0.15, -0.1) is 0 Å². The van der Waals surface area contributed by atoms with Gasteiger partial charge in [0.25, 0.3) is 7.52 Å². The lowest BCUT2D eigenvalue weighted by molar-refractivity contribution is 0.0361. The second kappa shape index (κ2) is 4.09. The number of nitriles is 1. The molecule has 0 amide bonds. The summed E-state index contributed by atoms with van der Waals surface area (Å²) < 4.78 is 21.3. The van der Waals surface area contributed by atoms with Crippen molar-refractivity contribution in [3.05, 3.63) is 0 Å². The molecule has 0 spiro atoms. The van der Waals surface area contributed by atoms with E-state index in [2.05, 4.69) is 45.4 Å². The van der Waals surface area contributed by atoms with Crippen molar-refractivity contribution in [2.45, 2.75) is 65.6 Å². The quantitative estimate of drug-likeness (QED) is 0.730. The van der Waals surface area contributed by atoms with E-state index < -0.39 is 7.52 Å². The first-order chi connectivity index (χ1) is 9.19. The maximum Gasteiger partial charge on any atom is 0.287 e. The standard InChI is InChI=1S/C15H25N2O2P/c1-10(2)17-12-11-6-7-15(5,14(11,3)4)13(12)19-20(17,18)9-8-16/h10-13H,6-7,9H2,1-5H3/t11-,12-,13-,15+,20?/m1/s1. The molecule has 2 aliphatic carbocycles. The molecule has 5 heteroatoms. The normalized spacial score (nSPS) is 49.5. The lowest BCUT2D eigenvalue weighted by atomic mass is 9.70. The predicted molar refractivity (Wildman–Crippen MR) is 78.3 cm³/mol. The van der Waals surface area contributed by atoms with E-state index in [0.29, 0.717) is 5.92 Å². The molecule has 0 aromatic rings. The van der Waals surface area contributed by atoms with Gasteiger partial charge < -0.3 is 4.52 Å². The van der Waals surface area contributed by atoms with Crippen LogP contribution in [-0.4, -0.2) is 29.0 Å². The first-order valence-corrected chi connectivity index (χ1v) is 9.38. The fourth-order valence-corrected chi connectivity index (χ4v) is 7.73. The summed E-state index contributed by atoms with van der Waals surface area (Å²) in [5, 5.41) is 9.04. The van der Waals surface area contributed by atoms with E-state index >= 15 is 0 Å². The van der Waals surface area contributed by atoms with Gasteiger partial charge in [-0.1, -0.05) is 20.8 Å². The van der Waals surface area contributed by atoms with Crippen LogP contribution in [0, 0.1) is 28.1 Å². The summed E-state index contributed by atoms with van der Waals surface area (Å²) in [4.78, 5) is 0. The van der Waals surface area contributed by atoms with Crippen molar-refractivity contribution in [3.63, 3.8) is 0 Å². The van der Waals surface area contributed by atoms with Crippen LogP contribution in [0.4, 0.5) is 0 Å². The van der Waals surface area contributed by atoms with Gasteiger partial charge in [0, 0.05) is 17.5 Å². The summed E-state index contributed by atoms with van der Waals surface area (Å²) >= 11 is 0. The van der Waals surface area contributed by atoms with Crippen molar-refractivity contribution < 1.29 is 9.09 Å². The molecule has 0 aromatic carbocycles. The summed E-state index contributed by atoms with van der Waals surface area (Å²) in [6, 6.07) is 2.46. The minimum absolute atomic E-state index is 0.0153. The highest BCUT2D eigenvalue weighted by atomic mass is 31.2. The van der Waals surface area contributed by atoms with Crippen LogP contribution in [-0.2, 0) is 9.09 Å². The van der Waals surface area contributed by atoms with Gasteiger partial charge in [0.05, 0.1) is 12.2 Å². The third-order valence-electron chi connectivity index (χ3n) is 6.46. The van der Waals surface area contributed by atoms with Crippen molar-refractivity contribution in [3.8, 4) is 6.07 Å². The molecular weight excluding hydrogens is 271 g/mol. The average Bonchev–Trinajstić information content (AvgIpc) is 2.79. The van der Waals surface area contributed by atoms with Crippen LogP contribution in [0.25, 0.3) is 0 Å². The highest BCUT2D eigenvalue weighted by Gasteiger charge is 2.73. The maximum absolute atomic E-state index is 13.2. The molecule has 0 aromatic heterocycles. The fourth-order valence-electron chi connectivity index (χ4n) is 5.10. The van der Waals surface area contributed by atoms with Crippen LogP contribution in [0.2, 0.25) is 0 Å². The third-order valence-corrected chi connectivity index (χ3v) is 8.99. The zero-order valence-electron chi connectivity index (χ0n) is 13.1. The van der Waals surface area contributed by atoms with Crippen LogP contribution in [0.15, 0.2) is 0 Å². The fraction of sp³-hybridized carbons (Fsp3) is 0.933. The number of hydrogen-bond acceptors (Lipinski definition) is 3. The Morgan fingerprint density at radius 1 is 1.45 bits per heavy atom. The van der Waals surface area contributed by atoms with E-state index in [4.69, 9.17) is 9.79 Å². The summed E-state index contributed by atoms with van der Waals surface area (Å²) in [5.41, 5.74) is 0.296. The molecule has 2 bridgehead atoms. The largest absolute Gasteiger partial charge is 0.311 e. The lowest BCUT2D eigenvalue weighted by Gasteiger charge is -2.38. The minimum Gasteiger partial charge on any atom is -0.311 e.